The third-order valence-electron chi connectivity index (χ3n) is 5.02. The quantitative estimate of drug-likeness (QED) is 0.475. The molecule has 1 aromatic carbocycles. The number of halogens is 3. The van der Waals surface area contributed by atoms with E-state index in [-0.39, 0.29) is 18.4 Å². The van der Waals surface area contributed by atoms with Gasteiger partial charge in [0.05, 0.1) is 52.4 Å². The predicted molar refractivity (Wildman–Crippen MR) is 107 cm³/mol. The molecule has 0 fully saturated rings. The number of hydrogen-bond acceptors (Lipinski definition) is 6. The fourth-order valence-electron chi connectivity index (χ4n) is 3.47. The number of nitriles is 1. The van der Waals surface area contributed by atoms with Gasteiger partial charge in [-0.15, -0.1) is 0 Å². The summed E-state index contributed by atoms with van der Waals surface area (Å²) in [7, 11) is 0. The zero-order valence-corrected chi connectivity index (χ0v) is 16.4. The molecule has 1 aliphatic heterocycles. The van der Waals surface area contributed by atoms with Crippen LogP contribution in [-0.2, 0) is 12.7 Å². The molecule has 3 aromatic heterocycles. The maximum Gasteiger partial charge on any atom is 0.416 e. The molecule has 0 saturated heterocycles. The first kappa shape index (κ1) is 19.8. The second-order valence-corrected chi connectivity index (χ2v) is 7.18. The van der Waals surface area contributed by atoms with Gasteiger partial charge < -0.3 is 9.47 Å². The second-order valence-electron chi connectivity index (χ2n) is 7.18. The van der Waals surface area contributed by atoms with Crippen molar-refractivity contribution in [2.75, 3.05) is 6.61 Å². The third-order valence-corrected chi connectivity index (χ3v) is 5.02. The van der Waals surface area contributed by atoms with Crippen molar-refractivity contribution >= 4 is 11.0 Å². The lowest BCUT2D eigenvalue weighted by molar-refractivity contribution is -0.137. The normalized spacial score (nSPS) is 15.2. The van der Waals surface area contributed by atoms with E-state index in [0.717, 1.165) is 23.8 Å². The Morgan fingerprint density at radius 3 is 2.75 bits per heavy atom. The Balaban J connectivity index is 1.24. The molecule has 0 radical (unpaired) electrons. The molecule has 160 valence electrons. The molecule has 4 aromatic rings. The lowest BCUT2D eigenvalue weighted by Gasteiger charge is -2.12. The number of pyridine rings is 2. The van der Waals surface area contributed by atoms with Crippen molar-refractivity contribution in [1.29, 1.82) is 5.26 Å². The zero-order chi connectivity index (χ0) is 22.3. The molecule has 0 spiro atoms. The van der Waals surface area contributed by atoms with E-state index in [4.69, 9.17) is 14.7 Å². The van der Waals surface area contributed by atoms with Crippen LogP contribution in [-0.4, -0.2) is 32.2 Å². The summed E-state index contributed by atoms with van der Waals surface area (Å²) in [5, 5.41) is 9.00. The minimum absolute atomic E-state index is 0.127. The molecule has 5 rings (SSSR count). The van der Waals surface area contributed by atoms with Crippen molar-refractivity contribution < 1.29 is 22.6 Å². The standard InChI is InChI=1S/C22H14F3N5O2/c23-22(24,25)14-5-6-27-18(8-14)17-3-2-15(10-28-17)31-12-16-11-30-20-4-1-13(9-26)7-19(20)29-21(30)32-16/h1-8,10,16H,11-12H2/t16-/m0/s1. The highest BCUT2D eigenvalue weighted by molar-refractivity contribution is 5.78. The number of hydrogen-bond donors (Lipinski definition) is 0. The van der Waals surface area contributed by atoms with Gasteiger partial charge in [-0.2, -0.15) is 23.4 Å². The maximum absolute atomic E-state index is 12.9. The van der Waals surface area contributed by atoms with E-state index in [1.807, 2.05) is 10.6 Å². The number of nitrogens with zero attached hydrogens (tertiary/aromatic N) is 5. The minimum Gasteiger partial charge on any atom is -0.488 e. The molecule has 32 heavy (non-hydrogen) atoms. The average Bonchev–Trinajstić information content (AvgIpc) is 3.34. The van der Waals surface area contributed by atoms with Crippen LogP contribution in [0.25, 0.3) is 22.4 Å². The molecule has 7 nitrogen and oxygen atoms in total. The third kappa shape index (κ3) is 3.69. The number of aromatic nitrogens is 4. The van der Waals surface area contributed by atoms with Gasteiger partial charge in [-0.05, 0) is 42.5 Å². The van der Waals surface area contributed by atoms with Crippen LogP contribution in [0.15, 0.2) is 54.9 Å². The molecule has 1 aliphatic rings. The van der Waals surface area contributed by atoms with Crippen molar-refractivity contribution in [2.24, 2.45) is 0 Å². The second kappa shape index (κ2) is 7.53. The van der Waals surface area contributed by atoms with E-state index in [2.05, 4.69) is 21.0 Å². The first-order valence-electron chi connectivity index (χ1n) is 9.60. The van der Waals surface area contributed by atoms with Crippen molar-refractivity contribution in [3.63, 3.8) is 0 Å². The van der Waals surface area contributed by atoms with Crippen molar-refractivity contribution in [1.82, 2.24) is 19.5 Å². The van der Waals surface area contributed by atoms with Crippen molar-refractivity contribution in [3.8, 4) is 29.2 Å². The van der Waals surface area contributed by atoms with Gasteiger partial charge in [0.15, 0.2) is 6.10 Å². The Morgan fingerprint density at radius 1 is 1.12 bits per heavy atom. The Labute approximate surface area is 179 Å². The summed E-state index contributed by atoms with van der Waals surface area (Å²) in [5.41, 5.74) is 1.76. The van der Waals surface area contributed by atoms with E-state index in [1.165, 1.54) is 6.20 Å². The molecule has 0 N–H and O–H groups in total. The summed E-state index contributed by atoms with van der Waals surface area (Å²) >= 11 is 0. The highest BCUT2D eigenvalue weighted by Crippen LogP contribution is 2.31. The van der Waals surface area contributed by atoms with Crippen molar-refractivity contribution in [2.45, 2.75) is 18.8 Å². The largest absolute Gasteiger partial charge is 0.488 e. The first-order chi connectivity index (χ1) is 15.4. The fraction of sp³-hybridized carbons (Fsp3) is 0.182. The van der Waals surface area contributed by atoms with Gasteiger partial charge >= 0.3 is 6.18 Å². The SMILES string of the molecule is N#Cc1ccc2c(c1)nc1n2C[C@@H](COc2ccc(-c3cc(C(F)(F)F)ccn3)nc2)O1. The molecule has 0 bridgehead atoms. The summed E-state index contributed by atoms with van der Waals surface area (Å²) in [6.45, 7) is 0.779. The van der Waals surface area contributed by atoms with E-state index in [0.29, 0.717) is 35.1 Å². The van der Waals surface area contributed by atoms with Gasteiger partial charge in [0.2, 0.25) is 0 Å². The summed E-state index contributed by atoms with van der Waals surface area (Å²) in [6, 6.07) is 12.9. The lowest BCUT2D eigenvalue weighted by atomic mass is 10.2. The summed E-state index contributed by atoms with van der Waals surface area (Å²) < 4.78 is 52.2. The molecular weight excluding hydrogens is 423 g/mol. The molecule has 0 amide bonds. The molecule has 0 aliphatic carbocycles. The molecule has 1 atom stereocenters. The monoisotopic (exact) mass is 437 g/mol. The topological polar surface area (TPSA) is 85.9 Å². The number of ether oxygens (including phenoxy) is 2. The van der Waals surface area contributed by atoms with Crippen LogP contribution in [0.1, 0.15) is 11.1 Å². The van der Waals surface area contributed by atoms with Gasteiger partial charge in [0.1, 0.15) is 12.4 Å². The zero-order valence-electron chi connectivity index (χ0n) is 16.4. The van der Waals surface area contributed by atoms with E-state index < -0.39 is 11.7 Å². The molecule has 0 unspecified atom stereocenters. The van der Waals surface area contributed by atoms with Gasteiger partial charge in [0.25, 0.3) is 6.01 Å². The van der Waals surface area contributed by atoms with E-state index >= 15 is 0 Å². The summed E-state index contributed by atoms with van der Waals surface area (Å²) in [6.07, 6.45) is -2.17. The van der Waals surface area contributed by atoms with E-state index in [9.17, 15) is 13.2 Å². The number of alkyl halides is 3. The van der Waals surface area contributed by atoms with Gasteiger partial charge in [0, 0.05) is 6.20 Å². The smallest absolute Gasteiger partial charge is 0.416 e. The number of benzene rings is 1. The number of imidazole rings is 1. The first-order valence-corrected chi connectivity index (χ1v) is 9.60. The summed E-state index contributed by atoms with van der Waals surface area (Å²) in [4.78, 5) is 12.5. The highest BCUT2D eigenvalue weighted by atomic mass is 19.4. The Hall–Kier alpha value is -4.13. The van der Waals surface area contributed by atoms with Crippen LogP contribution in [0.5, 0.6) is 11.8 Å². The van der Waals surface area contributed by atoms with Gasteiger partial charge in [-0.25, -0.2) is 0 Å². The lowest BCUT2D eigenvalue weighted by Crippen LogP contribution is -2.23. The van der Waals surface area contributed by atoms with Crippen LogP contribution in [0.3, 0.4) is 0 Å². The molecule has 0 saturated carbocycles. The van der Waals surface area contributed by atoms with Crippen molar-refractivity contribution in [3.05, 3.63) is 66.0 Å². The van der Waals surface area contributed by atoms with Crippen LogP contribution < -0.4 is 9.47 Å². The van der Waals surface area contributed by atoms with E-state index in [1.54, 1.807) is 24.3 Å². The van der Waals surface area contributed by atoms with Crippen LogP contribution in [0, 0.1) is 11.3 Å². The maximum atomic E-state index is 12.9. The average molecular weight is 437 g/mol. The fourth-order valence-corrected chi connectivity index (χ4v) is 3.47. The van der Waals surface area contributed by atoms with Gasteiger partial charge in [-0.1, -0.05) is 0 Å². The minimum atomic E-state index is -4.45. The van der Waals surface area contributed by atoms with Crippen LogP contribution in [0.2, 0.25) is 0 Å². The summed E-state index contributed by atoms with van der Waals surface area (Å²) in [5.74, 6) is 0.456. The Kier molecular flexibility index (Phi) is 4.66. The highest BCUT2D eigenvalue weighted by Gasteiger charge is 2.31. The van der Waals surface area contributed by atoms with Crippen LogP contribution in [0.4, 0.5) is 13.2 Å². The molecule has 10 heteroatoms. The van der Waals surface area contributed by atoms with Gasteiger partial charge in [-0.3, -0.25) is 14.5 Å². The number of rotatable bonds is 4. The molecule has 4 heterocycles. The van der Waals surface area contributed by atoms with Crippen LogP contribution >= 0.6 is 0 Å². The molecular formula is C22H14F3N5O2. The number of fused-ring (bicyclic) bond motifs is 3. The predicted octanol–water partition coefficient (Wildman–Crippen LogP) is 4.22. The Bertz CT molecular complexity index is 1340. The Morgan fingerprint density at radius 2 is 2.00 bits per heavy atom.